The van der Waals surface area contributed by atoms with Crippen molar-refractivity contribution in [2.45, 2.75) is 62.8 Å². The number of nitrogens with zero attached hydrogens (tertiary/aromatic N) is 1. The Hall–Kier alpha value is -3.71. The molecule has 9 nitrogen and oxygen atoms in total. The minimum Gasteiger partial charge on any atom is -0.464 e. The van der Waals surface area contributed by atoms with Crippen LogP contribution in [0.25, 0.3) is 0 Å². The van der Waals surface area contributed by atoms with Crippen molar-refractivity contribution in [2.75, 3.05) is 15.5 Å². The second-order valence-electron chi connectivity index (χ2n) is 13.2. The van der Waals surface area contributed by atoms with Gasteiger partial charge in [-0.3, -0.25) is 9.59 Å². The average Bonchev–Trinajstić information content (AvgIpc) is 3.53. The highest BCUT2D eigenvalue weighted by atomic mass is 35.5. The predicted molar refractivity (Wildman–Crippen MR) is 182 cm³/mol. The third kappa shape index (κ3) is 8.03. The van der Waals surface area contributed by atoms with Gasteiger partial charge >= 0.3 is 12.2 Å². The van der Waals surface area contributed by atoms with E-state index in [-0.39, 0.29) is 26.2 Å². The van der Waals surface area contributed by atoms with Crippen LogP contribution in [0.1, 0.15) is 68.9 Å². The van der Waals surface area contributed by atoms with Crippen LogP contribution in [0.4, 0.5) is 39.8 Å². The van der Waals surface area contributed by atoms with Crippen LogP contribution in [-0.2, 0) is 14.9 Å². The van der Waals surface area contributed by atoms with Gasteiger partial charge in [-0.2, -0.15) is 4.90 Å². The van der Waals surface area contributed by atoms with Gasteiger partial charge in [0, 0.05) is 23.2 Å². The van der Waals surface area contributed by atoms with E-state index in [0.29, 0.717) is 11.6 Å². The first kappa shape index (κ1) is 38.1. The number of imide groups is 1. The van der Waals surface area contributed by atoms with Gasteiger partial charge < -0.3 is 20.5 Å². The largest absolute Gasteiger partial charge is 0.464 e. The maximum absolute atomic E-state index is 16.1. The van der Waals surface area contributed by atoms with Crippen LogP contribution < -0.4 is 15.5 Å². The highest BCUT2D eigenvalue weighted by molar-refractivity contribution is 6.53. The molecule has 1 fully saturated rings. The number of benzene rings is 3. The fourth-order valence-corrected chi connectivity index (χ4v) is 6.36. The first-order chi connectivity index (χ1) is 22.5. The van der Waals surface area contributed by atoms with Gasteiger partial charge in [0.25, 0.3) is 5.91 Å². The Morgan fingerprint density at radius 2 is 1.51 bits per heavy atom. The molecule has 0 spiro atoms. The van der Waals surface area contributed by atoms with Crippen LogP contribution in [0.15, 0.2) is 42.5 Å². The Morgan fingerprint density at radius 3 is 2.06 bits per heavy atom. The summed E-state index contributed by atoms with van der Waals surface area (Å²) >= 11 is 24.9. The molecule has 4 rings (SSSR count). The summed E-state index contributed by atoms with van der Waals surface area (Å²) < 4.78 is 49.1. The molecule has 0 heterocycles. The highest BCUT2D eigenvalue weighted by Gasteiger charge is 2.67. The molecule has 0 unspecified atom stereocenters. The quantitative estimate of drug-likeness (QED) is 0.215. The van der Waals surface area contributed by atoms with Gasteiger partial charge in [-0.25, -0.2) is 22.8 Å². The van der Waals surface area contributed by atoms with Crippen LogP contribution in [0.2, 0.25) is 10.0 Å². The molecule has 0 aliphatic heterocycles. The monoisotopic (exact) mass is 761 g/mol. The minimum atomic E-state index is -1.94. The number of nitrogens with one attached hydrogen (secondary N) is 2. The van der Waals surface area contributed by atoms with Gasteiger partial charge in [-0.15, -0.1) is 23.2 Å². The highest BCUT2D eigenvalue weighted by Crippen LogP contribution is 2.65. The van der Waals surface area contributed by atoms with E-state index in [1.807, 2.05) is 0 Å². The standard InChI is InChI=1S/C33H30Cl4F3N3O6/c1-31(2,3)24-25(40)21(43(29(46)47)30(48)49-32(4,5)6)13-20(39)26(24)42-27(44)16-12-15(8-9-17(16)34)41-28(45)23-22(33(23,36)37)14-7-10-19(38)18(35)11-14/h7-13,22-23H,1-6H3,(H,41,45)(H,42,44)(H,46,47)/t22-,23+/m0/s1. The van der Waals surface area contributed by atoms with Crippen molar-refractivity contribution in [1.82, 2.24) is 0 Å². The molecule has 16 heteroatoms. The number of anilines is 3. The molecule has 1 aliphatic carbocycles. The lowest BCUT2D eigenvalue weighted by Crippen LogP contribution is -2.41. The molecule has 4 amide bonds. The van der Waals surface area contributed by atoms with Crippen molar-refractivity contribution < 1.29 is 42.2 Å². The molecule has 3 N–H and O–H groups in total. The van der Waals surface area contributed by atoms with Crippen LogP contribution in [0.5, 0.6) is 0 Å². The maximum atomic E-state index is 16.1. The van der Waals surface area contributed by atoms with E-state index < -0.39 is 85.6 Å². The Bertz CT molecular complexity index is 1880. The fraction of sp³-hybridized carbons (Fsp3) is 0.333. The number of rotatable bonds is 6. The molecule has 0 aromatic heterocycles. The average molecular weight is 763 g/mol. The summed E-state index contributed by atoms with van der Waals surface area (Å²) in [6, 6.07) is 8.12. The number of carbonyl (C=O) groups is 4. The van der Waals surface area contributed by atoms with E-state index in [0.717, 1.165) is 6.07 Å². The Morgan fingerprint density at radius 1 is 0.878 bits per heavy atom. The topological polar surface area (TPSA) is 125 Å². The smallest absolute Gasteiger partial charge is 0.424 e. The third-order valence-corrected chi connectivity index (χ3v) is 8.87. The lowest BCUT2D eigenvalue weighted by atomic mass is 9.84. The first-order valence-corrected chi connectivity index (χ1v) is 16.0. The van der Waals surface area contributed by atoms with Crippen LogP contribution in [0.3, 0.4) is 0 Å². The molecule has 1 aliphatic rings. The van der Waals surface area contributed by atoms with Gasteiger partial charge in [0.2, 0.25) is 5.91 Å². The number of carboxylic acid groups (broad SMARTS) is 1. The molecule has 262 valence electrons. The van der Waals surface area contributed by atoms with Crippen LogP contribution in [0, 0.1) is 23.4 Å². The van der Waals surface area contributed by atoms with Crippen molar-refractivity contribution in [3.63, 3.8) is 0 Å². The van der Waals surface area contributed by atoms with Crippen molar-refractivity contribution in [3.05, 3.63) is 86.7 Å². The van der Waals surface area contributed by atoms with Gasteiger partial charge in [0.05, 0.1) is 32.9 Å². The van der Waals surface area contributed by atoms with Gasteiger partial charge in [0.15, 0.2) is 5.82 Å². The fourth-order valence-electron chi connectivity index (χ4n) is 5.14. The van der Waals surface area contributed by atoms with Crippen LogP contribution in [-0.4, -0.2) is 39.0 Å². The van der Waals surface area contributed by atoms with E-state index in [2.05, 4.69) is 10.6 Å². The lowest BCUT2D eigenvalue weighted by molar-refractivity contribution is -0.117. The summed E-state index contributed by atoms with van der Waals surface area (Å²) in [6.45, 7) is 8.81. The van der Waals surface area contributed by atoms with Gasteiger partial charge in [-0.05, 0) is 62.1 Å². The number of hydrogen-bond donors (Lipinski definition) is 3. The zero-order chi connectivity index (χ0) is 37.0. The van der Waals surface area contributed by atoms with Gasteiger partial charge in [0.1, 0.15) is 21.6 Å². The molecule has 0 saturated heterocycles. The number of carbonyl (C=O) groups excluding carboxylic acids is 3. The summed E-state index contributed by atoms with van der Waals surface area (Å²) in [6.07, 6.45) is -3.41. The molecule has 3 aromatic carbocycles. The molecule has 0 bridgehead atoms. The first-order valence-electron chi connectivity index (χ1n) is 14.5. The Labute approximate surface area is 299 Å². The summed E-state index contributed by atoms with van der Waals surface area (Å²) in [5.41, 5.74) is -4.25. The third-order valence-electron chi connectivity index (χ3n) is 7.31. The minimum absolute atomic E-state index is 0.0685. The van der Waals surface area contributed by atoms with E-state index in [1.165, 1.54) is 71.9 Å². The van der Waals surface area contributed by atoms with E-state index >= 15 is 8.78 Å². The summed E-state index contributed by atoms with van der Waals surface area (Å²) in [4.78, 5) is 51.3. The summed E-state index contributed by atoms with van der Waals surface area (Å²) in [5, 5.41) is 14.3. The molecule has 2 atom stereocenters. The normalized spacial score (nSPS) is 16.8. The number of halogens is 7. The molecule has 1 saturated carbocycles. The van der Waals surface area contributed by atoms with Crippen molar-refractivity contribution in [3.8, 4) is 0 Å². The van der Waals surface area contributed by atoms with Crippen molar-refractivity contribution in [2.24, 2.45) is 5.92 Å². The van der Waals surface area contributed by atoms with Gasteiger partial charge in [-0.1, -0.05) is 50.0 Å². The number of ether oxygens (including phenoxy) is 1. The SMILES string of the molecule is CC(C)(C)OC(=O)N(C(=O)O)c1cc(F)c(NC(=O)c2cc(NC(=O)[C@H]3[C@H](c4ccc(F)c(Cl)c4)C3(Cl)Cl)ccc2Cl)c(C(C)(C)C)c1F. The van der Waals surface area contributed by atoms with E-state index in [1.54, 1.807) is 0 Å². The lowest BCUT2D eigenvalue weighted by Gasteiger charge is -2.29. The van der Waals surface area contributed by atoms with Crippen molar-refractivity contribution >= 4 is 87.5 Å². The predicted octanol–water partition coefficient (Wildman–Crippen LogP) is 9.91. The Kier molecular flexibility index (Phi) is 10.5. The van der Waals surface area contributed by atoms with E-state index in [9.17, 15) is 28.7 Å². The number of alkyl halides is 2. The molecule has 3 aromatic rings. The Balaban J connectivity index is 1.65. The van der Waals surface area contributed by atoms with E-state index in [4.69, 9.17) is 51.1 Å². The zero-order valence-corrected chi connectivity index (χ0v) is 29.8. The number of amides is 4. The number of hydrogen-bond acceptors (Lipinski definition) is 5. The summed E-state index contributed by atoms with van der Waals surface area (Å²) in [7, 11) is 0. The van der Waals surface area contributed by atoms with Crippen molar-refractivity contribution in [1.29, 1.82) is 0 Å². The second-order valence-corrected chi connectivity index (χ2v) is 15.5. The molecule has 49 heavy (non-hydrogen) atoms. The van der Waals surface area contributed by atoms with Crippen LogP contribution >= 0.6 is 46.4 Å². The molecular weight excluding hydrogens is 733 g/mol. The molecular formula is C33H30Cl4F3N3O6. The zero-order valence-electron chi connectivity index (χ0n) is 26.8. The summed E-state index contributed by atoms with van der Waals surface area (Å²) in [5.74, 6) is -6.62. The second kappa shape index (κ2) is 13.5. The molecule has 0 radical (unpaired) electrons. The maximum Gasteiger partial charge on any atom is 0.424 e.